The second-order valence-corrected chi connectivity index (χ2v) is 7.48. The molecular weight excluding hydrogens is 385 g/mol. The summed E-state index contributed by atoms with van der Waals surface area (Å²) in [5.41, 5.74) is 8.26. The van der Waals surface area contributed by atoms with Gasteiger partial charge >= 0.3 is 6.18 Å². The van der Waals surface area contributed by atoms with Crippen molar-refractivity contribution in [1.82, 2.24) is 9.55 Å². The van der Waals surface area contributed by atoms with Gasteiger partial charge in [-0.05, 0) is 30.3 Å². The summed E-state index contributed by atoms with van der Waals surface area (Å²) < 4.78 is 40.8. The van der Waals surface area contributed by atoms with E-state index in [9.17, 15) is 13.2 Å². The Kier molecular flexibility index (Phi) is 4.72. The molecule has 28 heavy (non-hydrogen) atoms. The highest BCUT2D eigenvalue weighted by Gasteiger charge is 2.30. The average molecular weight is 402 g/mol. The molecule has 8 heteroatoms. The minimum absolute atomic E-state index is 0.418. The molecule has 0 fully saturated rings. The number of nitrogens with zero attached hydrogens (tertiary/aromatic N) is 2. The highest BCUT2D eigenvalue weighted by molar-refractivity contribution is 7.15. The normalized spacial score (nSPS) is 11.8. The first kappa shape index (κ1) is 18.4. The van der Waals surface area contributed by atoms with Gasteiger partial charge < -0.3 is 15.6 Å². The van der Waals surface area contributed by atoms with Gasteiger partial charge in [-0.25, -0.2) is 4.98 Å². The van der Waals surface area contributed by atoms with Crippen LogP contribution in [-0.2, 0) is 13.1 Å². The van der Waals surface area contributed by atoms with E-state index in [4.69, 9.17) is 5.73 Å². The second-order valence-electron chi connectivity index (χ2n) is 6.36. The summed E-state index contributed by atoms with van der Waals surface area (Å²) in [6.45, 7) is -0.546. The van der Waals surface area contributed by atoms with Crippen molar-refractivity contribution in [2.45, 2.75) is 19.3 Å². The number of fused-ring (bicyclic) bond motifs is 1. The number of nitrogen functional groups attached to an aromatic ring is 1. The Morgan fingerprint density at radius 2 is 1.86 bits per heavy atom. The lowest BCUT2D eigenvalue weighted by atomic mass is 10.2. The van der Waals surface area contributed by atoms with Crippen molar-refractivity contribution < 1.29 is 13.2 Å². The first-order chi connectivity index (χ1) is 13.4. The van der Waals surface area contributed by atoms with E-state index in [0.717, 1.165) is 10.6 Å². The molecule has 0 aliphatic rings. The predicted octanol–water partition coefficient (Wildman–Crippen LogP) is 5.52. The quantitative estimate of drug-likeness (QED) is 0.432. The van der Waals surface area contributed by atoms with Crippen LogP contribution in [0.2, 0.25) is 0 Å². The van der Waals surface area contributed by atoms with Gasteiger partial charge in [-0.2, -0.15) is 13.2 Å². The molecule has 0 amide bonds. The molecule has 0 aliphatic carbocycles. The van der Waals surface area contributed by atoms with E-state index in [0.29, 0.717) is 33.8 Å². The molecule has 0 radical (unpaired) electrons. The zero-order valence-corrected chi connectivity index (χ0v) is 15.5. The molecule has 2 aromatic heterocycles. The molecule has 0 bridgehead atoms. The highest BCUT2D eigenvalue weighted by Crippen LogP contribution is 2.35. The van der Waals surface area contributed by atoms with Crippen molar-refractivity contribution in [2.24, 2.45) is 0 Å². The number of para-hydroxylation sites is 1. The average Bonchev–Trinajstić information content (AvgIpc) is 3.26. The molecule has 0 atom stereocenters. The molecule has 4 nitrogen and oxygen atoms in total. The van der Waals surface area contributed by atoms with E-state index in [1.54, 1.807) is 30.5 Å². The lowest BCUT2D eigenvalue weighted by molar-refractivity contribution is -0.139. The molecule has 0 saturated carbocycles. The fraction of sp³-hybridized carbons (Fsp3) is 0.150. The molecule has 0 saturated heterocycles. The fourth-order valence-electron chi connectivity index (χ4n) is 3.09. The highest BCUT2D eigenvalue weighted by atomic mass is 32.1. The maximum Gasteiger partial charge on any atom is 0.406 e. The van der Waals surface area contributed by atoms with Crippen LogP contribution in [0.1, 0.15) is 4.88 Å². The maximum absolute atomic E-state index is 13.2. The molecular formula is C20H17F3N4S. The van der Waals surface area contributed by atoms with Crippen LogP contribution in [0.15, 0.2) is 60.8 Å². The Bertz CT molecular complexity index is 1100. The van der Waals surface area contributed by atoms with Gasteiger partial charge in [0.05, 0.1) is 17.8 Å². The van der Waals surface area contributed by atoms with E-state index >= 15 is 0 Å². The molecule has 3 N–H and O–H groups in total. The zero-order valence-electron chi connectivity index (χ0n) is 14.7. The number of nitrogens with two attached hydrogens (primary N) is 1. The minimum Gasteiger partial charge on any atom is -0.398 e. The van der Waals surface area contributed by atoms with E-state index in [1.165, 1.54) is 15.9 Å². The van der Waals surface area contributed by atoms with Gasteiger partial charge in [-0.1, -0.05) is 24.3 Å². The van der Waals surface area contributed by atoms with Gasteiger partial charge in [-0.15, -0.1) is 11.3 Å². The molecule has 0 aliphatic heterocycles. The number of halogens is 3. The number of hydrogen-bond acceptors (Lipinski definition) is 4. The molecule has 2 heterocycles. The van der Waals surface area contributed by atoms with Crippen LogP contribution in [0.3, 0.4) is 0 Å². The Morgan fingerprint density at radius 3 is 2.61 bits per heavy atom. The smallest absolute Gasteiger partial charge is 0.398 e. The third-order valence-electron chi connectivity index (χ3n) is 4.33. The zero-order chi connectivity index (χ0) is 19.7. The Morgan fingerprint density at radius 1 is 1.07 bits per heavy atom. The molecule has 144 valence electrons. The van der Waals surface area contributed by atoms with Crippen LogP contribution in [0.25, 0.3) is 21.6 Å². The number of aromatic nitrogens is 2. The largest absolute Gasteiger partial charge is 0.406 e. The van der Waals surface area contributed by atoms with Crippen molar-refractivity contribution in [3.63, 3.8) is 0 Å². The van der Waals surface area contributed by atoms with Gasteiger partial charge in [0.1, 0.15) is 11.6 Å². The number of anilines is 2. The number of alkyl halides is 3. The van der Waals surface area contributed by atoms with E-state index in [1.807, 2.05) is 30.3 Å². The Labute approximate surface area is 163 Å². The van der Waals surface area contributed by atoms with Crippen LogP contribution in [0.5, 0.6) is 0 Å². The van der Waals surface area contributed by atoms with Crippen molar-refractivity contribution >= 4 is 33.6 Å². The Balaban J connectivity index is 1.68. The van der Waals surface area contributed by atoms with Crippen LogP contribution >= 0.6 is 11.3 Å². The summed E-state index contributed by atoms with van der Waals surface area (Å²) in [6.07, 6.45) is -2.66. The van der Waals surface area contributed by atoms with Gasteiger partial charge in [0.2, 0.25) is 0 Å². The summed E-state index contributed by atoms with van der Waals surface area (Å²) in [6, 6.07) is 16.4. The van der Waals surface area contributed by atoms with Crippen molar-refractivity contribution in [1.29, 1.82) is 0 Å². The predicted molar refractivity (Wildman–Crippen MR) is 107 cm³/mol. The van der Waals surface area contributed by atoms with Gasteiger partial charge in [0, 0.05) is 27.8 Å². The lowest BCUT2D eigenvalue weighted by Gasteiger charge is -2.12. The molecule has 4 aromatic rings. The van der Waals surface area contributed by atoms with Gasteiger partial charge in [-0.3, -0.25) is 0 Å². The Hall–Kier alpha value is -3.00. The SMILES string of the molecule is Nc1cccc2c1cc(-c1ncc(CNc3ccccc3)s1)n2CC(F)(F)F. The van der Waals surface area contributed by atoms with E-state index in [-0.39, 0.29) is 0 Å². The number of hydrogen-bond donors (Lipinski definition) is 2. The number of nitrogens with one attached hydrogen (secondary N) is 1. The molecule has 0 spiro atoms. The molecule has 2 aromatic carbocycles. The number of benzene rings is 2. The standard InChI is InChI=1S/C20H17F3N4S/c21-20(22,23)12-27-17-8-4-7-16(24)15(17)9-18(27)19-26-11-14(28-19)10-25-13-5-2-1-3-6-13/h1-9,11,25H,10,12,24H2. The second kappa shape index (κ2) is 7.20. The third kappa shape index (κ3) is 3.82. The topological polar surface area (TPSA) is 55.9 Å². The molecule has 0 unspecified atom stereocenters. The monoisotopic (exact) mass is 402 g/mol. The summed E-state index contributed by atoms with van der Waals surface area (Å²) in [5.74, 6) is 0. The summed E-state index contributed by atoms with van der Waals surface area (Å²) in [5, 5.41) is 4.41. The lowest BCUT2D eigenvalue weighted by Crippen LogP contribution is -2.18. The van der Waals surface area contributed by atoms with Crippen molar-refractivity contribution in [3.8, 4) is 10.7 Å². The first-order valence-corrected chi connectivity index (χ1v) is 9.41. The third-order valence-corrected chi connectivity index (χ3v) is 5.35. The number of rotatable bonds is 5. The van der Waals surface area contributed by atoms with Crippen molar-refractivity contribution in [3.05, 3.63) is 65.7 Å². The van der Waals surface area contributed by atoms with Gasteiger partial charge in [0.25, 0.3) is 0 Å². The van der Waals surface area contributed by atoms with Crippen LogP contribution in [-0.4, -0.2) is 15.7 Å². The fourth-order valence-corrected chi connectivity index (χ4v) is 3.96. The van der Waals surface area contributed by atoms with E-state index in [2.05, 4.69) is 10.3 Å². The molecule has 4 rings (SSSR count). The van der Waals surface area contributed by atoms with Gasteiger partial charge in [0.15, 0.2) is 0 Å². The van der Waals surface area contributed by atoms with Crippen LogP contribution in [0, 0.1) is 0 Å². The number of thiazole rings is 1. The van der Waals surface area contributed by atoms with Crippen LogP contribution < -0.4 is 11.1 Å². The summed E-state index contributed by atoms with van der Waals surface area (Å²) in [4.78, 5) is 5.29. The van der Waals surface area contributed by atoms with Crippen LogP contribution in [0.4, 0.5) is 24.5 Å². The maximum atomic E-state index is 13.2. The summed E-state index contributed by atoms with van der Waals surface area (Å²) >= 11 is 1.36. The summed E-state index contributed by atoms with van der Waals surface area (Å²) in [7, 11) is 0. The van der Waals surface area contributed by atoms with E-state index < -0.39 is 12.7 Å². The first-order valence-electron chi connectivity index (χ1n) is 8.59. The van der Waals surface area contributed by atoms with Crippen molar-refractivity contribution in [2.75, 3.05) is 11.1 Å². The minimum atomic E-state index is -4.35.